The molecule has 0 saturated heterocycles. The van der Waals surface area contributed by atoms with Gasteiger partial charge in [0.05, 0.1) is 20.1 Å². The molecule has 0 aliphatic rings. The minimum Gasteiger partial charge on any atom is -0.383 e. The summed E-state index contributed by atoms with van der Waals surface area (Å²) in [5.41, 5.74) is 1.85. The smallest absolute Gasteiger partial charge is 0.269 e. The Morgan fingerprint density at radius 1 is 1.11 bits per heavy atom. The van der Waals surface area contributed by atoms with Crippen LogP contribution in [0.5, 0.6) is 0 Å². The molecule has 0 radical (unpaired) electrons. The Bertz CT molecular complexity index is 891. The van der Waals surface area contributed by atoms with Crippen LogP contribution in [0.1, 0.15) is 17.8 Å². The van der Waals surface area contributed by atoms with Gasteiger partial charge in [-0.05, 0) is 37.1 Å². The number of hydrogen-bond acceptors (Lipinski definition) is 6. The standard InChI is InChI=1S/C19H20N4O3S/c24-18(6-3-7-19-22-16-4-1-2-5-17(16)27-19)21-13-12-20-14-8-10-15(11-9-14)23(25)26/h1-2,4-5,8-11,20H,3,6-7,12-13H2,(H,21,24). The second-order valence-electron chi connectivity index (χ2n) is 6.01. The van der Waals surface area contributed by atoms with Crippen LogP contribution in [-0.4, -0.2) is 28.9 Å². The molecule has 0 atom stereocenters. The lowest BCUT2D eigenvalue weighted by Crippen LogP contribution is -2.28. The average Bonchev–Trinajstić information content (AvgIpc) is 3.08. The van der Waals surface area contributed by atoms with E-state index in [2.05, 4.69) is 21.7 Å². The van der Waals surface area contributed by atoms with Crippen LogP contribution in [0.4, 0.5) is 11.4 Å². The first-order valence-electron chi connectivity index (χ1n) is 8.71. The zero-order chi connectivity index (χ0) is 19.1. The predicted octanol–water partition coefficient (Wildman–Crippen LogP) is 3.76. The van der Waals surface area contributed by atoms with E-state index in [0.29, 0.717) is 19.5 Å². The van der Waals surface area contributed by atoms with Gasteiger partial charge >= 0.3 is 0 Å². The first-order chi connectivity index (χ1) is 13.1. The van der Waals surface area contributed by atoms with Crippen LogP contribution in [0.25, 0.3) is 10.2 Å². The van der Waals surface area contributed by atoms with E-state index < -0.39 is 4.92 Å². The summed E-state index contributed by atoms with van der Waals surface area (Å²) >= 11 is 1.68. The number of carbonyl (C=O) groups is 1. The third kappa shape index (κ3) is 5.49. The highest BCUT2D eigenvalue weighted by Gasteiger charge is 2.06. The van der Waals surface area contributed by atoms with Crippen LogP contribution in [0, 0.1) is 10.1 Å². The number of benzene rings is 2. The molecule has 8 heteroatoms. The second kappa shape index (κ2) is 9.09. The molecule has 2 N–H and O–H groups in total. The lowest BCUT2D eigenvalue weighted by Gasteiger charge is -2.07. The van der Waals surface area contributed by atoms with Crippen molar-refractivity contribution in [2.75, 3.05) is 18.4 Å². The molecule has 3 rings (SSSR count). The Balaban J connectivity index is 1.32. The van der Waals surface area contributed by atoms with Gasteiger partial charge in [-0.25, -0.2) is 4.98 Å². The van der Waals surface area contributed by atoms with Gasteiger partial charge in [-0.15, -0.1) is 11.3 Å². The van der Waals surface area contributed by atoms with Gasteiger partial charge in [-0.2, -0.15) is 0 Å². The lowest BCUT2D eigenvalue weighted by molar-refractivity contribution is -0.384. The Morgan fingerprint density at radius 2 is 1.89 bits per heavy atom. The highest BCUT2D eigenvalue weighted by Crippen LogP contribution is 2.22. The first-order valence-corrected chi connectivity index (χ1v) is 9.53. The summed E-state index contributed by atoms with van der Waals surface area (Å²) in [7, 11) is 0. The van der Waals surface area contributed by atoms with E-state index in [1.54, 1.807) is 23.5 Å². The van der Waals surface area contributed by atoms with Gasteiger partial charge in [0.1, 0.15) is 0 Å². The molecular formula is C19H20N4O3S. The number of nitro groups is 1. The number of nitrogens with zero attached hydrogens (tertiary/aromatic N) is 2. The van der Waals surface area contributed by atoms with Gasteiger partial charge in [-0.1, -0.05) is 12.1 Å². The van der Waals surface area contributed by atoms with Gasteiger partial charge in [0.25, 0.3) is 5.69 Å². The molecule has 27 heavy (non-hydrogen) atoms. The fourth-order valence-corrected chi connectivity index (χ4v) is 3.63. The van der Waals surface area contributed by atoms with Crippen molar-refractivity contribution >= 4 is 38.8 Å². The molecule has 0 unspecified atom stereocenters. The predicted molar refractivity (Wildman–Crippen MR) is 107 cm³/mol. The number of aryl methyl sites for hydroxylation is 1. The Hall–Kier alpha value is -3.00. The van der Waals surface area contributed by atoms with Crippen LogP contribution in [0.2, 0.25) is 0 Å². The Morgan fingerprint density at radius 3 is 2.63 bits per heavy atom. The zero-order valence-corrected chi connectivity index (χ0v) is 15.5. The van der Waals surface area contributed by atoms with E-state index in [4.69, 9.17) is 0 Å². The monoisotopic (exact) mass is 384 g/mol. The van der Waals surface area contributed by atoms with Gasteiger partial charge < -0.3 is 10.6 Å². The third-order valence-electron chi connectivity index (χ3n) is 3.99. The molecule has 0 aliphatic heterocycles. The molecule has 0 saturated carbocycles. The van der Waals surface area contributed by atoms with E-state index in [1.165, 1.54) is 16.8 Å². The minimum atomic E-state index is -0.432. The summed E-state index contributed by atoms with van der Waals surface area (Å²) in [6.45, 7) is 1.05. The molecule has 0 aliphatic carbocycles. The van der Waals surface area contributed by atoms with Crippen LogP contribution >= 0.6 is 11.3 Å². The summed E-state index contributed by atoms with van der Waals surface area (Å²) in [6, 6.07) is 14.2. The van der Waals surface area contributed by atoms with Crippen molar-refractivity contribution in [3.63, 3.8) is 0 Å². The number of para-hydroxylation sites is 1. The van der Waals surface area contributed by atoms with Crippen molar-refractivity contribution in [3.8, 4) is 0 Å². The third-order valence-corrected chi connectivity index (χ3v) is 5.08. The number of rotatable bonds is 9. The van der Waals surface area contributed by atoms with Crippen molar-refractivity contribution < 1.29 is 9.72 Å². The van der Waals surface area contributed by atoms with Crippen molar-refractivity contribution in [2.45, 2.75) is 19.3 Å². The highest BCUT2D eigenvalue weighted by atomic mass is 32.1. The fraction of sp³-hybridized carbons (Fsp3) is 0.263. The number of nitro benzene ring substituents is 1. The Labute approximate surface area is 160 Å². The molecular weight excluding hydrogens is 364 g/mol. The molecule has 0 spiro atoms. The van der Waals surface area contributed by atoms with Crippen molar-refractivity contribution in [3.05, 3.63) is 63.7 Å². The first kappa shape index (κ1) is 18.8. The summed E-state index contributed by atoms with van der Waals surface area (Å²) in [4.78, 5) is 26.6. The number of hydrogen-bond donors (Lipinski definition) is 2. The largest absolute Gasteiger partial charge is 0.383 e. The molecule has 1 heterocycles. The van der Waals surface area contributed by atoms with E-state index >= 15 is 0 Å². The van der Waals surface area contributed by atoms with Crippen molar-refractivity contribution in [1.82, 2.24) is 10.3 Å². The number of amides is 1. The molecule has 3 aromatic rings. The molecule has 1 amide bonds. The van der Waals surface area contributed by atoms with E-state index in [-0.39, 0.29) is 11.6 Å². The maximum absolute atomic E-state index is 11.9. The second-order valence-corrected chi connectivity index (χ2v) is 7.12. The van der Waals surface area contributed by atoms with E-state index in [9.17, 15) is 14.9 Å². The van der Waals surface area contributed by atoms with Gasteiger partial charge in [0, 0.05) is 37.3 Å². The van der Waals surface area contributed by atoms with Crippen LogP contribution in [0.3, 0.4) is 0 Å². The quantitative estimate of drug-likeness (QED) is 0.333. The topological polar surface area (TPSA) is 97.2 Å². The lowest BCUT2D eigenvalue weighted by atomic mass is 10.2. The van der Waals surface area contributed by atoms with Crippen molar-refractivity contribution in [2.24, 2.45) is 0 Å². The molecule has 1 aromatic heterocycles. The highest BCUT2D eigenvalue weighted by molar-refractivity contribution is 7.18. The maximum Gasteiger partial charge on any atom is 0.269 e. The maximum atomic E-state index is 11.9. The van der Waals surface area contributed by atoms with Gasteiger partial charge in [0.2, 0.25) is 5.91 Å². The summed E-state index contributed by atoms with van der Waals surface area (Å²) in [6.07, 6.45) is 2.03. The zero-order valence-electron chi connectivity index (χ0n) is 14.7. The van der Waals surface area contributed by atoms with Crippen LogP contribution in [0.15, 0.2) is 48.5 Å². The Kier molecular flexibility index (Phi) is 6.32. The van der Waals surface area contributed by atoms with Gasteiger partial charge in [-0.3, -0.25) is 14.9 Å². The molecule has 0 bridgehead atoms. The summed E-state index contributed by atoms with van der Waals surface area (Å²) in [5, 5.41) is 17.6. The van der Waals surface area contributed by atoms with Crippen LogP contribution < -0.4 is 10.6 Å². The number of nitrogens with one attached hydrogen (secondary N) is 2. The number of carbonyl (C=O) groups excluding carboxylic acids is 1. The average molecular weight is 384 g/mol. The molecule has 0 fully saturated rings. The normalized spacial score (nSPS) is 10.7. The number of non-ortho nitro benzene ring substituents is 1. The van der Waals surface area contributed by atoms with Gasteiger partial charge in [0.15, 0.2) is 0 Å². The summed E-state index contributed by atoms with van der Waals surface area (Å²) in [5.74, 6) is 0.0154. The minimum absolute atomic E-state index is 0.0154. The number of anilines is 1. The summed E-state index contributed by atoms with van der Waals surface area (Å²) < 4.78 is 1.18. The fourth-order valence-electron chi connectivity index (χ4n) is 2.63. The number of thiazole rings is 1. The van der Waals surface area contributed by atoms with E-state index in [0.717, 1.165) is 29.1 Å². The number of fused-ring (bicyclic) bond motifs is 1. The van der Waals surface area contributed by atoms with E-state index in [1.807, 2.05) is 18.2 Å². The number of aromatic nitrogens is 1. The molecule has 7 nitrogen and oxygen atoms in total. The molecule has 2 aromatic carbocycles. The SMILES string of the molecule is O=C(CCCc1nc2ccccc2s1)NCCNc1ccc([N+](=O)[O-])cc1. The molecule has 140 valence electrons. The van der Waals surface area contributed by atoms with Crippen LogP contribution in [-0.2, 0) is 11.2 Å². The van der Waals surface area contributed by atoms with Crippen molar-refractivity contribution in [1.29, 1.82) is 0 Å².